The van der Waals surface area contributed by atoms with E-state index in [1.807, 2.05) is 19.9 Å². The summed E-state index contributed by atoms with van der Waals surface area (Å²) in [6.07, 6.45) is 1.79. The van der Waals surface area contributed by atoms with E-state index in [2.05, 4.69) is 77.3 Å². The van der Waals surface area contributed by atoms with Crippen molar-refractivity contribution < 1.29 is 4.42 Å². The average molecular weight is 418 g/mol. The standard InChI is InChI=1S/C25H31N5O/c1-15(2)23-20-14-18(25-29-28-22(31-25)8-7-11-30(5)6)9-10-21(20)27-24(23)19-12-16(3)26-17(4)13-19/h9-10,12-15,27H,7-8,11H2,1-6H3. The van der Waals surface area contributed by atoms with E-state index in [1.54, 1.807) is 0 Å². The maximum Gasteiger partial charge on any atom is 0.247 e. The third kappa shape index (κ3) is 4.54. The minimum atomic E-state index is 0.358. The topological polar surface area (TPSA) is 70.8 Å². The largest absolute Gasteiger partial charge is 0.421 e. The maximum atomic E-state index is 5.96. The van der Waals surface area contributed by atoms with Crippen LogP contribution in [0.15, 0.2) is 34.7 Å². The van der Waals surface area contributed by atoms with Gasteiger partial charge < -0.3 is 14.3 Å². The monoisotopic (exact) mass is 417 g/mol. The highest BCUT2D eigenvalue weighted by Gasteiger charge is 2.18. The van der Waals surface area contributed by atoms with E-state index in [0.717, 1.165) is 47.5 Å². The van der Waals surface area contributed by atoms with Gasteiger partial charge in [0, 0.05) is 39.8 Å². The highest BCUT2D eigenvalue weighted by atomic mass is 16.4. The van der Waals surface area contributed by atoms with E-state index >= 15 is 0 Å². The third-order valence-electron chi connectivity index (χ3n) is 5.50. The highest BCUT2D eigenvalue weighted by Crippen LogP contribution is 2.37. The fourth-order valence-corrected chi connectivity index (χ4v) is 4.17. The molecule has 4 rings (SSSR count). The molecule has 0 aliphatic carbocycles. The molecule has 31 heavy (non-hydrogen) atoms. The molecule has 0 bridgehead atoms. The fraction of sp³-hybridized carbons (Fsp3) is 0.400. The van der Waals surface area contributed by atoms with E-state index in [9.17, 15) is 0 Å². The smallest absolute Gasteiger partial charge is 0.247 e. The van der Waals surface area contributed by atoms with E-state index in [4.69, 9.17) is 4.42 Å². The molecular weight excluding hydrogens is 386 g/mol. The Morgan fingerprint density at radius 1 is 1.00 bits per heavy atom. The summed E-state index contributed by atoms with van der Waals surface area (Å²) in [6, 6.07) is 10.6. The Kier molecular flexibility index (Phi) is 5.92. The molecule has 1 aromatic carbocycles. The number of nitrogens with zero attached hydrogens (tertiary/aromatic N) is 4. The third-order valence-corrected chi connectivity index (χ3v) is 5.50. The van der Waals surface area contributed by atoms with Gasteiger partial charge in [-0.3, -0.25) is 4.98 Å². The number of hydrogen-bond donors (Lipinski definition) is 1. The summed E-state index contributed by atoms with van der Waals surface area (Å²) in [5, 5.41) is 9.75. The van der Waals surface area contributed by atoms with Crippen LogP contribution >= 0.6 is 0 Å². The minimum Gasteiger partial charge on any atom is -0.421 e. The second kappa shape index (κ2) is 8.63. The van der Waals surface area contributed by atoms with Gasteiger partial charge in [-0.05, 0) is 82.7 Å². The second-order valence-corrected chi connectivity index (χ2v) is 8.88. The minimum absolute atomic E-state index is 0.358. The van der Waals surface area contributed by atoms with Crippen LogP contribution in [0, 0.1) is 13.8 Å². The second-order valence-electron chi connectivity index (χ2n) is 8.88. The molecule has 162 valence electrons. The maximum absolute atomic E-state index is 5.96. The number of pyridine rings is 1. The van der Waals surface area contributed by atoms with Crippen LogP contribution in [0.4, 0.5) is 0 Å². The zero-order chi connectivity index (χ0) is 22.1. The number of hydrogen-bond acceptors (Lipinski definition) is 5. The molecule has 0 aliphatic rings. The predicted molar refractivity (Wildman–Crippen MR) is 125 cm³/mol. The number of fused-ring (bicyclic) bond motifs is 1. The molecule has 0 atom stereocenters. The van der Waals surface area contributed by atoms with Crippen molar-refractivity contribution >= 4 is 10.9 Å². The van der Waals surface area contributed by atoms with Crippen LogP contribution in [-0.4, -0.2) is 45.7 Å². The van der Waals surface area contributed by atoms with E-state index in [1.165, 1.54) is 16.5 Å². The molecule has 0 aliphatic heterocycles. The Balaban J connectivity index is 1.72. The first-order valence-electron chi connectivity index (χ1n) is 10.9. The van der Waals surface area contributed by atoms with Gasteiger partial charge in [0.05, 0.1) is 5.69 Å². The highest BCUT2D eigenvalue weighted by molar-refractivity contribution is 5.93. The normalized spacial score (nSPS) is 11.9. The molecule has 0 spiro atoms. The number of nitrogens with one attached hydrogen (secondary N) is 1. The molecule has 0 saturated carbocycles. The summed E-state index contributed by atoms with van der Waals surface area (Å²) in [5.74, 6) is 1.63. The van der Waals surface area contributed by atoms with Gasteiger partial charge in [-0.15, -0.1) is 10.2 Å². The molecule has 0 unspecified atom stereocenters. The summed E-state index contributed by atoms with van der Waals surface area (Å²) in [5.41, 5.74) is 7.74. The Morgan fingerprint density at radius 3 is 2.42 bits per heavy atom. The average Bonchev–Trinajstić information content (AvgIpc) is 3.31. The van der Waals surface area contributed by atoms with Gasteiger partial charge in [-0.25, -0.2) is 0 Å². The van der Waals surface area contributed by atoms with Crippen LogP contribution < -0.4 is 0 Å². The number of rotatable bonds is 7. The number of aryl methyl sites for hydroxylation is 3. The van der Waals surface area contributed by atoms with Crippen LogP contribution in [0.25, 0.3) is 33.6 Å². The number of H-pyrrole nitrogens is 1. The molecule has 0 radical (unpaired) electrons. The molecule has 0 saturated heterocycles. The summed E-state index contributed by atoms with van der Waals surface area (Å²) in [6.45, 7) is 9.54. The van der Waals surface area contributed by atoms with Crippen molar-refractivity contribution in [3.8, 4) is 22.7 Å². The molecule has 1 N–H and O–H groups in total. The number of aromatic nitrogens is 4. The fourth-order valence-electron chi connectivity index (χ4n) is 4.17. The van der Waals surface area contributed by atoms with Crippen LogP contribution in [-0.2, 0) is 6.42 Å². The van der Waals surface area contributed by atoms with Gasteiger partial charge in [0.25, 0.3) is 0 Å². The Labute approximate surface area is 183 Å². The van der Waals surface area contributed by atoms with Gasteiger partial charge in [0.15, 0.2) is 0 Å². The summed E-state index contributed by atoms with van der Waals surface area (Å²) < 4.78 is 5.96. The first kappa shape index (κ1) is 21.2. The SMILES string of the molecule is Cc1cc(-c2[nH]c3ccc(-c4nnc(CCCN(C)C)o4)cc3c2C(C)C)cc(C)n1. The lowest BCUT2D eigenvalue weighted by atomic mass is 9.95. The van der Waals surface area contributed by atoms with Crippen molar-refractivity contribution in [2.75, 3.05) is 20.6 Å². The lowest BCUT2D eigenvalue weighted by Crippen LogP contribution is -2.13. The first-order chi connectivity index (χ1) is 14.8. The molecule has 6 nitrogen and oxygen atoms in total. The van der Waals surface area contributed by atoms with Crippen molar-refractivity contribution in [3.05, 3.63) is 53.2 Å². The van der Waals surface area contributed by atoms with Gasteiger partial charge in [-0.2, -0.15) is 0 Å². The zero-order valence-electron chi connectivity index (χ0n) is 19.3. The van der Waals surface area contributed by atoms with Crippen molar-refractivity contribution in [2.45, 2.75) is 46.5 Å². The van der Waals surface area contributed by atoms with Crippen molar-refractivity contribution in [1.29, 1.82) is 0 Å². The predicted octanol–water partition coefficient (Wildman–Crippen LogP) is 5.51. The van der Waals surface area contributed by atoms with Gasteiger partial charge in [0.2, 0.25) is 11.8 Å². The van der Waals surface area contributed by atoms with Gasteiger partial charge in [-0.1, -0.05) is 13.8 Å². The Morgan fingerprint density at radius 2 is 1.74 bits per heavy atom. The lowest BCUT2D eigenvalue weighted by Gasteiger charge is -2.10. The molecule has 4 aromatic rings. The summed E-state index contributed by atoms with van der Waals surface area (Å²) >= 11 is 0. The lowest BCUT2D eigenvalue weighted by molar-refractivity contribution is 0.388. The van der Waals surface area contributed by atoms with Crippen LogP contribution in [0.1, 0.15) is 49.0 Å². The van der Waals surface area contributed by atoms with E-state index < -0.39 is 0 Å². The summed E-state index contributed by atoms with van der Waals surface area (Å²) in [7, 11) is 4.14. The van der Waals surface area contributed by atoms with Gasteiger partial charge in [0.1, 0.15) is 0 Å². The molecule has 0 amide bonds. The molecule has 6 heteroatoms. The van der Waals surface area contributed by atoms with Gasteiger partial charge >= 0.3 is 0 Å². The first-order valence-corrected chi connectivity index (χ1v) is 10.9. The van der Waals surface area contributed by atoms with Crippen LogP contribution in [0.5, 0.6) is 0 Å². The summed E-state index contributed by atoms with van der Waals surface area (Å²) in [4.78, 5) is 10.3. The zero-order valence-corrected chi connectivity index (χ0v) is 19.3. The number of benzene rings is 1. The van der Waals surface area contributed by atoms with Crippen molar-refractivity contribution in [1.82, 2.24) is 25.1 Å². The van der Waals surface area contributed by atoms with Crippen molar-refractivity contribution in [3.63, 3.8) is 0 Å². The molecule has 3 heterocycles. The molecule has 3 aromatic heterocycles. The quantitative estimate of drug-likeness (QED) is 0.429. The van der Waals surface area contributed by atoms with Crippen LogP contribution in [0.3, 0.4) is 0 Å². The Hall–Kier alpha value is -2.99. The molecular formula is C25H31N5O. The molecule has 0 fully saturated rings. The van der Waals surface area contributed by atoms with E-state index in [0.29, 0.717) is 17.7 Å². The Bertz CT molecular complexity index is 1180. The number of aromatic amines is 1. The van der Waals surface area contributed by atoms with Crippen molar-refractivity contribution in [2.24, 2.45) is 0 Å². The van der Waals surface area contributed by atoms with Crippen LogP contribution in [0.2, 0.25) is 0 Å². The van der Waals surface area contributed by atoms with E-state index in [-0.39, 0.29) is 0 Å².